The summed E-state index contributed by atoms with van der Waals surface area (Å²) in [5, 5.41) is 8.20. The lowest BCUT2D eigenvalue weighted by Crippen LogP contribution is -2.27. The Morgan fingerprint density at radius 1 is 1.25 bits per heavy atom. The van der Waals surface area contributed by atoms with Crippen LogP contribution >= 0.6 is 0 Å². The van der Waals surface area contributed by atoms with E-state index in [1.807, 2.05) is 38.2 Å². The molecule has 3 aromatic rings. The Hall–Kier alpha value is -3.09. The molecule has 7 heteroatoms. The van der Waals surface area contributed by atoms with E-state index in [4.69, 9.17) is 9.26 Å². The van der Waals surface area contributed by atoms with Crippen LogP contribution in [0, 0.1) is 13.8 Å². The number of aromatic nitrogens is 3. The van der Waals surface area contributed by atoms with Gasteiger partial charge in [0.25, 0.3) is 5.91 Å². The van der Waals surface area contributed by atoms with Gasteiger partial charge in [0, 0.05) is 31.9 Å². The molecule has 0 spiro atoms. The summed E-state index contributed by atoms with van der Waals surface area (Å²) in [5.74, 6) is 1.12. The van der Waals surface area contributed by atoms with Crippen molar-refractivity contribution >= 4 is 5.91 Å². The lowest BCUT2D eigenvalue weighted by atomic mass is 10.1. The number of carbonyl (C=O) groups excluding carboxylic acids is 1. The number of benzene rings is 1. The van der Waals surface area contributed by atoms with E-state index in [2.05, 4.69) is 17.2 Å². The molecule has 0 unspecified atom stereocenters. The van der Waals surface area contributed by atoms with Crippen LogP contribution < -0.4 is 4.74 Å². The zero-order valence-corrected chi connectivity index (χ0v) is 17.0. The van der Waals surface area contributed by atoms with Crippen molar-refractivity contribution in [2.75, 3.05) is 7.05 Å². The van der Waals surface area contributed by atoms with E-state index < -0.39 is 0 Å². The summed E-state index contributed by atoms with van der Waals surface area (Å²) in [6, 6.07) is 7.93. The third-order valence-corrected chi connectivity index (χ3v) is 4.99. The van der Waals surface area contributed by atoms with Gasteiger partial charge in [0.1, 0.15) is 18.1 Å². The highest BCUT2D eigenvalue weighted by molar-refractivity contribution is 5.93. The molecular formula is C21H26N4O3. The maximum Gasteiger partial charge on any atom is 0.276 e. The Morgan fingerprint density at radius 2 is 1.96 bits per heavy atom. The highest BCUT2D eigenvalue weighted by Gasteiger charge is 2.24. The molecule has 28 heavy (non-hydrogen) atoms. The van der Waals surface area contributed by atoms with Crippen LogP contribution in [0.3, 0.4) is 0 Å². The molecule has 0 N–H and O–H groups in total. The van der Waals surface area contributed by atoms with Gasteiger partial charge < -0.3 is 14.2 Å². The largest absolute Gasteiger partial charge is 0.489 e. The van der Waals surface area contributed by atoms with Crippen molar-refractivity contribution in [2.45, 2.75) is 40.3 Å². The second-order valence-corrected chi connectivity index (χ2v) is 6.89. The SMILES string of the molecule is CCc1ccc(OCc2c(C(=O)N(C)Cc3cnn(C)c3C)noc2C)cc1. The van der Waals surface area contributed by atoms with E-state index >= 15 is 0 Å². The van der Waals surface area contributed by atoms with Gasteiger partial charge in [-0.05, 0) is 38.0 Å². The summed E-state index contributed by atoms with van der Waals surface area (Å²) in [6.45, 7) is 6.54. The molecule has 0 aliphatic rings. The van der Waals surface area contributed by atoms with Gasteiger partial charge in [0.15, 0.2) is 5.69 Å². The first-order valence-corrected chi connectivity index (χ1v) is 9.30. The summed E-state index contributed by atoms with van der Waals surface area (Å²) < 4.78 is 12.9. The predicted octanol–water partition coefficient (Wildman–Crippen LogP) is 3.44. The summed E-state index contributed by atoms with van der Waals surface area (Å²) >= 11 is 0. The van der Waals surface area contributed by atoms with Crippen LogP contribution in [0.2, 0.25) is 0 Å². The Balaban J connectivity index is 1.71. The van der Waals surface area contributed by atoms with Gasteiger partial charge in [0.05, 0.1) is 11.8 Å². The molecule has 0 radical (unpaired) electrons. The Morgan fingerprint density at radius 3 is 2.57 bits per heavy atom. The van der Waals surface area contributed by atoms with Crippen LogP contribution in [0.5, 0.6) is 5.75 Å². The van der Waals surface area contributed by atoms with Crippen LogP contribution in [0.15, 0.2) is 35.0 Å². The molecule has 0 fully saturated rings. The maximum absolute atomic E-state index is 12.9. The molecule has 0 saturated heterocycles. The van der Waals surface area contributed by atoms with E-state index in [0.717, 1.165) is 23.4 Å². The van der Waals surface area contributed by atoms with Crippen molar-refractivity contribution in [1.82, 2.24) is 19.8 Å². The molecular weight excluding hydrogens is 356 g/mol. The quantitative estimate of drug-likeness (QED) is 0.626. The molecule has 3 rings (SSSR count). The van der Waals surface area contributed by atoms with Crippen LogP contribution in [0.1, 0.15) is 45.6 Å². The molecule has 7 nitrogen and oxygen atoms in total. The molecule has 0 bridgehead atoms. The van der Waals surface area contributed by atoms with Crippen molar-refractivity contribution in [1.29, 1.82) is 0 Å². The number of carbonyl (C=O) groups is 1. The van der Waals surface area contributed by atoms with Crippen molar-refractivity contribution < 1.29 is 14.1 Å². The lowest BCUT2D eigenvalue weighted by Gasteiger charge is -2.16. The average molecular weight is 382 g/mol. The van der Waals surface area contributed by atoms with Crippen molar-refractivity contribution in [3.05, 3.63) is 64.3 Å². The van der Waals surface area contributed by atoms with E-state index in [1.54, 1.807) is 29.7 Å². The fourth-order valence-corrected chi connectivity index (χ4v) is 2.91. The normalized spacial score (nSPS) is 10.9. The zero-order valence-electron chi connectivity index (χ0n) is 17.0. The summed E-state index contributed by atoms with van der Waals surface area (Å²) in [6.07, 6.45) is 2.75. The lowest BCUT2D eigenvalue weighted by molar-refractivity contribution is 0.0772. The van der Waals surface area contributed by atoms with Crippen LogP contribution in [0.25, 0.3) is 0 Å². The molecule has 0 saturated carbocycles. The molecule has 2 aromatic heterocycles. The molecule has 0 atom stereocenters. The van der Waals surface area contributed by atoms with Gasteiger partial charge in [-0.3, -0.25) is 9.48 Å². The zero-order chi connectivity index (χ0) is 20.3. The van der Waals surface area contributed by atoms with E-state index in [1.165, 1.54) is 5.56 Å². The van der Waals surface area contributed by atoms with E-state index in [9.17, 15) is 4.79 Å². The minimum atomic E-state index is -0.208. The molecule has 0 aliphatic carbocycles. The maximum atomic E-state index is 12.9. The fraction of sp³-hybridized carbons (Fsp3) is 0.381. The second-order valence-electron chi connectivity index (χ2n) is 6.89. The molecule has 1 amide bonds. The molecule has 0 aliphatic heterocycles. The van der Waals surface area contributed by atoms with Gasteiger partial charge in [-0.15, -0.1) is 0 Å². The monoisotopic (exact) mass is 382 g/mol. The number of rotatable bonds is 7. The number of nitrogens with zero attached hydrogens (tertiary/aromatic N) is 4. The minimum absolute atomic E-state index is 0.208. The number of aryl methyl sites for hydroxylation is 3. The second kappa shape index (κ2) is 8.29. The Bertz CT molecular complexity index is 957. The molecule has 2 heterocycles. The van der Waals surface area contributed by atoms with Gasteiger partial charge in [0.2, 0.25) is 0 Å². The number of amides is 1. The van der Waals surface area contributed by atoms with E-state index in [-0.39, 0.29) is 18.2 Å². The highest BCUT2D eigenvalue weighted by Crippen LogP contribution is 2.20. The summed E-state index contributed by atoms with van der Waals surface area (Å²) in [4.78, 5) is 14.5. The smallest absolute Gasteiger partial charge is 0.276 e. The first kappa shape index (κ1) is 19.7. The van der Waals surface area contributed by atoms with Crippen LogP contribution in [-0.2, 0) is 26.6 Å². The number of hydrogen-bond acceptors (Lipinski definition) is 5. The van der Waals surface area contributed by atoms with Gasteiger partial charge in [-0.1, -0.05) is 24.2 Å². The standard InChI is InChI=1S/C21H26N4O3/c1-6-16-7-9-18(10-8-16)27-13-19-15(3)28-23-20(19)21(26)24(4)12-17-11-22-25(5)14(17)2/h7-11H,6,12-13H2,1-5H3. The van der Waals surface area contributed by atoms with Gasteiger partial charge in [-0.2, -0.15) is 5.10 Å². The third-order valence-electron chi connectivity index (χ3n) is 4.99. The van der Waals surface area contributed by atoms with Crippen LogP contribution in [-0.4, -0.2) is 32.8 Å². The highest BCUT2D eigenvalue weighted by atomic mass is 16.5. The van der Waals surface area contributed by atoms with Crippen molar-refractivity contribution in [3.8, 4) is 5.75 Å². The Kier molecular flexibility index (Phi) is 5.82. The summed E-state index contributed by atoms with van der Waals surface area (Å²) in [7, 11) is 3.62. The van der Waals surface area contributed by atoms with Crippen molar-refractivity contribution in [3.63, 3.8) is 0 Å². The first-order valence-electron chi connectivity index (χ1n) is 9.30. The Labute approximate surface area is 164 Å². The topological polar surface area (TPSA) is 73.4 Å². The van der Waals surface area contributed by atoms with Gasteiger partial charge in [-0.25, -0.2) is 0 Å². The predicted molar refractivity (Wildman–Crippen MR) is 105 cm³/mol. The van der Waals surface area contributed by atoms with Crippen molar-refractivity contribution in [2.24, 2.45) is 7.05 Å². The average Bonchev–Trinajstić information content (AvgIpc) is 3.22. The van der Waals surface area contributed by atoms with Crippen LogP contribution in [0.4, 0.5) is 0 Å². The molecule has 148 valence electrons. The number of hydrogen-bond donors (Lipinski definition) is 0. The minimum Gasteiger partial charge on any atom is -0.489 e. The number of ether oxygens (including phenoxy) is 1. The van der Waals surface area contributed by atoms with Gasteiger partial charge >= 0.3 is 0 Å². The third kappa shape index (κ3) is 4.08. The summed E-state index contributed by atoms with van der Waals surface area (Å²) in [5.41, 5.74) is 4.21. The van der Waals surface area contributed by atoms with E-state index in [0.29, 0.717) is 17.9 Å². The molecule has 1 aromatic carbocycles. The first-order chi connectivity index (χ1) is 13.4. The fourth-order valence-electron chi connectivity index (χ4n) is 2.91.